The lowest BCUT2D eigenvalue weighted by atomic mass is 10.1. The second kappa shape index (κ2) is 10.1. The predicted octanol–water partition coefficient (Wildman–Crippen LogP) is 3.95. The highest BCUT2D eigenvalue weighted by molar-refractivity contribution is 6.30. The molecule has 7 nitrogen and oxygen atoms in total. The molecule has 3 heterocycles. The molecule has 1 amide bonds. The molecule has 1 fully saturated rings. The second-order valence-electron chi connectivity index (χ2n) is 8.05. The van der Waals surface area contributed by atoms with Gasteiger partial charge < -0.3 is 14.7 Å². The summed E-state index contributed by atoms with van der Waals surface area (Å²) in [5.74, 6) is 0.321. The van der Waals surface area contributed by atoms with Crippen LogP contribution >= 0.6 is 11.6 Å². The third kappa shape index (κ3) is 5.11. The van der Waals surface area contributed by atoms with Gasteiger partial charge in [0.15, 0.2) is 0 Å². The van der Waals surface area contributed by atoms with Crippen molar-refractivity contribution < 1.29 is 9.32 Å². The zero-order valence-corrected chi connectivity index (χ0v) is 19.2. The van der Waals surface area contributed by atoms with E-state index in [0.717, 1.165) is 44.2 Å². The lowest BCUT2D eigenvalue weighted by Crippen LogP contribution is -2.47. The van der Waals surface area contributed by atoms with E-state index >= 15 is 0 Å². The molecule has 0 spiro atoms. The maximum absolute atomic E-state index is 12.8. The number of halogens is 1. The fourth-order valence-electron chi connectivity index (χ4n) is 4.05. The summed E-state index contributed by atoms with van der Waals surface area (Å²) in [5.41, 5.74) is 4.03. The van der Waals surface area contributed by atoms with E-state index in [2.05, 4.69) is 38.2 Å². The van der Waals surface area contributed by atoms with Gasteiger partial charge in [-0.2, -0.15) is 0 Å². The Labute approximate surface area is 193 Å². The van der Waals surface area contributed by atoms with E-state index in [1.807, 2.05) is 30.3 Å². The maximum atomic E-state index is 12.8. The lowest BCUT2D eigenvalue weighted by molar-refractivity contribution is 0.0950. The van der Waals surface area contributed by atoms with Crippen LogP contribution in [0.5, 0.6) is 0 Å². The third-order valence-electron chi connectivity index (χ3n) is 5.82. The van der Waals surface area contributed by atoms with Gasteiger partial charge in [-0.25, -0.2) is 0 Å². The molecule has 0 radical (unpaired) electrons. The number of carbonyl (C=O) groups is 1. The quantitative estimate of drug-likeness (QED) is 0.546. The highest BCUT2D eigenvalue weighted by Crippen LogP contribution is 2.25. The minimum Gasteiger partial charge on any atom is -0.369 e. The zero-order chi connectivity index (χ0) is 22.5. The van der Waals surface area contributed by atoms with Gasteiger partial charge in [0.05, 0.1) is 5.69 Å². The number of aromatic nitrogens is 2. The molecule has 168 valence electrons. The van der Waals surface area contributed by atoms with Crippen LogP contribution in [0, 0.1) is 13.8 Å². The van der Waals surface area contributed by atoms with Crippen molar-refractivity contribution in [2.45, 2.75) is 20.3 Å². The van der Waals surface area contributed by atoms with E-state index in [-0.39, 0.29) is 5.91 Å². The summed E-state index contributed by atoms with van der Waals surface area (Å²) >= 11 is 6.18. The zero-order valence-electron chi connectivity index (χ0n) is 18.5. The van der Waals surface area contributed by atoms with Crippen molar-refractivity contribution in [1.29, 1.82) is 0 Å². The van der Waals surface area contributed by atoms with Crippen LogP contribution in [-0.2, 0) is 0 Å². The highest BCUT2D eigenvalue weighted by atomic mass is 35.5. The van der Waals surface area contributed by atoms with Crippen molar-refractivity contribution in [2.24, 2.45) is 0 Å². The number of benzene rings is 1. The van der Waals surface area contributed by atoms with E-state index < -0.39 is 0 Å². The molecule has 2 aromatic heterocycles. The molecule has 1 aliphatic rings. The van der Waals surface area contributed by atoms with Gasteiger partial charge in [-0.1, -0.05) is 28.9 Å². The van der Waals surface area contributed by atoms with Crippen molar-refractivity contribution in [2.75, 3.05) is 44.2 Å². The van der Waals surface area contributed by atoms with Crippen molar-refractivity contribution in [3.63, 3.8) is 0 Å². The first-order valence-corrected chi connectivity index (χ1v) is 11.3. The predicted molar refractivity (Wildman–Crippen MR) is 126 cm³/mol. The molecule has 8 heteroatoms. The van der Waals surface area contributed by atoms with Crippen molar-refractivity contribution >= 4 is 23.2 Å². The number of hydrogen-bond donors (Lipinski definition) is 1. The van der Waals surface area contributed by atoms with Gasteiger partial charge in [-0.05, 0) is 56.6 Å². The maximum Gasteiger partial charge on any atom is 0.257 e. The Hall–Kier alpha value is -2.90. The average Bonchev–Trinajstić information content (AvgIpc) is 3.21. The molecule has 1 N–H and O–H groups in total. The molecule has 4 rings (SSSR count). The van der Waals surface area contributed by atoms with Crippen LogP contribution in [0.2, 0.25) is 5.02 Å². The molecule has 3 aromatic rings. The number of nitrogens with one attached hydrogen (secondary N) is 1. The Bertz CT molecular complexity index is 1060. The average molecular weight is 454 g/mol. The largest absolute Gasteiger partial charge is 0.369 e. The van der Waals surface area contributed by atoms with Gasteiger partial charge in [0.1, 0.15) is 17.0 Å². The molecule has 32 heavy (non-hydrogen) atoms. The second-order valence-corrected chi connectivity index (χ2v) is 8.48. The summed E-state index contributed by atoms with van der Waals surface area (Å²) in [7, 11) is 0. The molecule has 1 aromatic carbocycles. The SMILES string of the molecule is Cc1ccc(Cl)cc1N1CCN(CCCNC(=O)c2c(-c3ccccn3)noc2C)CC1. The standard InChI is InChI=1S/C24H28ClN5O2/c1-17-7-8-19(25)16-21(17)30-14-12-29(13-15-30)11-5-10-27-24(31)22-18(2)32-28-23(22)20-6-3-4-9-26-20/h3-4,6-9,16H,5,10-15H2,1-2H3,(H,27,31). The number of aryl methyl sites for hydroxylation is 2. The van der Waals surface area contributed by atoms with E-state index in [4.69, 9.17) is 16.1 Å². The molecule has 0 unspecified atom stereocenters. The molecule has 0 atom stereocenters. The number of amides is 1. The van der Waals surface area contributed by atoms with Crippen LogP contribution in [0.4, 0.5) is 5.69 Å². The summed E-state index contributed by atoms with van der Waals surface area (Å²) in [6, 6.07) is 11.6. The van der Waals surface area contributed by atoms with Crippen LogP contribution in [0.1, 0.15) is 28.1 Å². The summed E-state index contributed by atoms with van der Waals surface area (Å²) < 4.78 is 5.26. The topological polar surface area (TPSA) is 74.5 Å². The first kappa shape index (κ1) is 22.3. The molecular formula is C24H28ClN5O2. The summed E-state index contributed by atoms with van der Waals surface area (Å²) in [6.07, 6.45) is 2.56. The van der Waals surface area contributed by atoms with Gasteiger partial charge in [-0.3, -0.25) is 14.7 Å². The minimum atomic E-state index is -0.175. The fraction of sp³-hybridized carbons (Fsp3) is 0.375. The summed E-state index contributed by atoms with van der Waals surface area (Å²) in [5, 5.41) is 7.81. The molecule has 1 saturated heterocycles. The highest BCUT2D eigenvalue weighted by Gasteiger charge is 2.22. The van der Waals surface area contributed by atoms with Crippen LogP contribution in [0.15, 0.2) is 47.1 Å². The Kier molecular flexibility index (Phi) is 7.07. The number of rotatable bonds is 7. The van der Waals surface area contributed by atoms with Gasteiger partial charge in [0.2, 0.25) is 0 Å². The monoisotopic (exact) mass is 453 g/mol. The van der Waals surface area contributed by atoms with E-state index in [1.54, 1.807) is 13.1 Å². The van der Waals surface area contributed by atoms with Gasteiger partial charge in [-0.15, -0.1) is 0 Å². The van der Waals surface area contributed by atoms with Crippen molar-refractivity contribution in [3.05, 3.63) is 64.5 Å². The first-order chi connectivity index (χ1) is 15.5. The van der Waals surface area contributed by atoms with Crippen molar-refractivity contribution in [1.82, 2.24) is 20.4 Å². The first-order valence-electron chi connectivity index (χ1n) is 10.9. The lowest BCUT2D eigenvalue weighted by Gasteiger charge is -2.37. The van der Waals surface area contributed by atoms with Gasteiger partial charge in [0.25, 0.3) is 5.91 Å². The molecule has 0 aliphatic carbocycles. The van der Waals surface area contributed by atoms with Gasteiger partial charge in [0, 0.05) is 49.6 Å². The number of piperazine rings is 1. The molecule has 0 bridgehead atoms. The molecule has 0 saturated carbocycles. The Balaban J connectivity index is 1.24. The van der Waals surface area contributed by atoms with Crippen LogP contribution in [-0.4, -0.2) is 60.2 Å². The number of nitrogens with zero attached hydrogens (tertiary/aromatic N) is 4. The third-order valence-corrected chi connectivity index (χ3v) is 6.05. The fourth-order valence-corrected chi connectivity index (χ4v) is 4.21. The number of pyridine rings is 1. The summed E-state index contributed by atoms with van der Waals surface area (Å²) in [4.78, 5) is 21.9. The van der Waals surface area contributed by atoms with Crippen LogP contribution in [0.3, 0.4) is 0 Å². The Morgan fingerprint density at radius 3 is 2.72 bits per heavy atom. The number of carbonyl (C=O) groups excluding carboxylic acids is 1. The smallest absolute Gasteiger partial charge is 0.257 e. The van der Waals surface area contributed by atoms with Crippen LogP contribution in [0.25, 0.3) is 11.4 Å². The minimum absolute atomic E-state index is 0.175. The summed E-state index contributed by atoms with van der Waals surface area (Å²) in [6.45, 7) is 9.34. The Morgan fingerprint density at radius 2 is 1.97 bits per heavy atom. The Morgan fingerprint density at radius 1 is 1.16 bits per heavy atom. The van der Waals surface area contributed by atoms with Crippen LogP contribution < -0.4 is 10.2 Å². The molecular weight excluding hydrogens is 426 g/mol. The molecule has 1 aliphatic heterocycles. The normalized spacial score (nSPS) is 14.5. The number of hydrogen-bond acceptors (Lipinski definition) is 6. The van der Waals surface area contributed by atoms with E-state index in [1.165, 1.54) is 11.3 Å². The van der Waals surface area contributed by atoms with Crippen molar-refractivity contribution in [3.8, 4) is 11.4 Å². The van der Waals surface area contributed by atoms with Gasteiger partial charge >= 0.3 is 0 Å². The van der Waals surface area contributed by atoms with E-state index in [9.17, 15) is 4.79 Å². The van der Waals surface area contributed by atoms with E-state index in [0.29, 0.717) is 29.3 Å². The number of anilines is 1.